The van der Waals surface area contributed by atoms with Crippen LogP contribution in [0.5, 0.6) is 0 Å². The molecule has 0 spiro atoms. The Morgan fingerprint density at radius 3 is 2.50 bits per heavy atom. The highest BCUT2D eigenvalue weighted by Gasteiger charge is 2.11. The highest BCUT2D eigenvalue weighted by Crippen LogP contribution is 2.31. The van der Waals surface area contributed by atoms with Gasteiger partial charge in [-0.1, -0.05) is 42.5 Å². The van der Waals surface area contributed by atoms with Gasteiger partial charge in [-0.3, -0.25) is 4.79 Å². The molecule has 0 aliphatic carbocycles. The van der Waals surface area contributed by atoms with E-state index in [-0.39, 0.29) is 0 Å². The van der Waals surface area contributed by atoms with Crippen molar-refractivity contribution in [1.29, 1.82) is 0 Å². The smallest absolute Gasteiger partial charge is 0.152 e. The fourth-order valence-electron chi connectivity index (χ4n) is 2.43. The first kappa shape index (κ1) is 10.8. The third-order valence-electron chi connectivity index (χ3n) is 3.26. The first-order valence-corrected chi connectivity index (χ1v) is 5.90. The Hall–Kier alpha value is -2.35. The molecule has 3 aromatic rings. The summed E-state index contributed by atoms with van der Waals surface area (Å²) in [5.41, 5.74) is 4.07. The maximum absolute atomic E-state index is 11.2. The van der Waals surface area contributed by atoms with Crippen LogP contribution in [0.4, 0.5) is 0 Å². The lowest BCUT2D eigenvalue weighted by Gasteiger charge is -2.05. The minimum atomic E-state index is 0.743. The van der Waals surface area contributed by atoms with E-state index in [1.54, 1.807) is 0 Å². The van der Waals surface area contributed by atoms with Crippen LogP contribution in [0.15, 0.2) is 54.7 Å². The molecule has 0 amide bonds. The molecule has 18 heavy (non-hydrogen) atoms. The number of aldehydes is 1. The molecule has 0 atom stereocenters. The molecule has 0 radical (unpaired) electrons. The number of carbonyl (C=O) groups is 1. The number of hydrogen-bond acceptors (Lipinski definition) is 1. The monoisotopic (exact) mass is 235 g/mol. The van der Waals surface area contributed by atoms with Crippen LogP contribution in [0.1, 0.15) is 10.4 Å². The van der Waals surface area contributed by atoms with E-state index in [1.807, 2.05) is 48.1 Å². The van der Waals surface area contributed by atoms with E-state index in [2.05, 4.69) is 18.2 Å². The van der Waals surface area contributed by atoms with Crippen LogP contribution in [-0.2, 0) is 7.05 Å². The quantitative estimate of drug-likeness (QED) is 0.621. The molecule has 0 aliphatic heterocycles. The molecule has 2 nitrogen and oxygen atoms in total. The number of hydrogen-bond donors (Lipinski definition) is 0. The average Bonchev–Trinajstić information content (AvgIpc) is 2.77. The molecular formula is C16H13NO. The molecule has 3 rings (SSSR count). The molecule has 0 saturated heterocycles. The summed E-state index contributed by atoms with van der Waals surface area (Å²) in [6, 6.07) is 16.3. The van der Waals surface area contributed by atoms with Gasteiger partial charge in [0.15, 0.2) is 6.29 Å². The van der Waals surface area contributed by atoms with Crippen molar-refractivity contribution in [3.8, 4) is 11.1 Å². The van der Waals surface area contributed by atoms with E-state index >= 15 is 0 Å². The molecule has 2 heteroatoms. The second-order valence-electron chi connectivity index (χ2n) is 4.38. The van der Waals surface area contributed by atoms with Crippen molar-refractivity contribution in [3.05, 3.63) is 60.3 Å². The van der Waals surface area contributed by atoms with Crippen molar-refractivity contribution in [2.24, 2.45) is 7.05 Å². The highest BCUT2D eigenvalue weighted by molar-refractivity contribution is 6.06. The predicted molar refractivity (Wildman–Crippen MR) is 73.7 cm³/mol. The molecule has 2 aromatic carbocycles. The second-order valence-corrected chi connectivity index (χ2v) is 4.38. The topological polar surface area (TPSA) is 22.0 Å². The van der Waals surface area contributed by atoms with E-state index in [1.165, 1.54) is 0 Å². The van der Waals surface area contributed by atoms with Gasteiger partial charge in [-0.05, 0) is 17.2 Å². The summed E-state index contributed by atoms with van der Waals surface area (Å²) in [5, 5.41) is 1.03. The first-order valence-electron chi connectivity index (χ1n) is 5.90. The van der Waals surface area contributed by atoms with Crippen LogP contribution in [-0.4, -0.2) is 10.9 Å². The minimum absolute atomic E-state index is 0.743. The van der Waals surface area contributed by atoms with Crippen molar-refractivity contribution in [2.45, 2.75) is 0 Å². The van der Waals surface area contributed by atoms with Gasteiger partial charge in [-0.15, -0.1) is 0 Å². The molecule has 0 N–H and O–H groups in total. The molecule has 0 saturated carbocycles. The minimum Gasteiger partial charge on any atom is -0.350 e. The van der Waals surface area contributed by atoms with Crippen LogP contribution in [0.2, 0.25) is 0 Å². The van der Waals surface area contributed by atoms with Crippen molar-refractivity contribution in [1.82, 2.24) is 4.57 Å². The number of benzene rings is 2. The number of nitrogens with zero attached hydrogens (tertiary/aromatic N) is 1. The zero-order valence-electron chi connectivity index (χ0n) is 10.1. The Kier molecular flexibility index (Phi) is 2.49. The number of aryl methyl sites for hydroxylation is 1. The predicted octanol–water partition coefficient (Wildman–Crippen LogP) is 3.66. The fourth-order valence-corrected chi connectivity index (χ4v) is 2.43. The lowest BCUT2D eigenvalue weighted by molar-refractivity contribution is 0.112. The Labute approximate surface area is 105 Å². The van der Waals surface area contributed by atoms with E-state index in [0.29, 0.717) is 0 Å². The Bertz CT molecular complexity index is 711. The summed E-state index contributed by atoms with van der Waals surface area (Å²) in [6.45, 7) is 0. The number of fused-ring (bicyclic) bond motifs is 1. The van der Waals surface area contributed by atoms with Crippen LogP contribution < -0.4 is 0 Å². The fraction of sp³-hybridized carbons (Fsp3) is 0.0625. The SMILES string of the molecule is Cn1cc(C=O)c2c(-c3ccccc3)cccc21. The van der Waals surface area contributed by atoms with Gasteiger partial charge in [0.25, 0.3) is 0 Å². The first-order chi connectivity index (χ1) is 8.81. The third kappa shape index (κ3) is 1.54. The van der Waals surface area contributed by atoms with Gasteiger partial charge in [-0.25, -0.2) is 0 Å². The van der Waals surface area contributed by atoms with E-state index in [0.717, 1.165) is 33.9 Å². The number of aromatic nitrogens is 1. The Balaban J connectivity index is 2.40. The van der Waals surface area contributed by atoms with Gasteiger partial charge < -0.3 is 4.57 Å². The van der Waals surface area contributed by atoms with E-state index in [9.17, 15) is 4.79 Å². The van der Waals surface area contributed by atoms with Crippen molar-refractivity contribution in [2.75, 3.05) is 0 Å². The maximum atomic E-state index is 11.2. The van der Waals surface area contributed by atoms with Gasteiger partial charge in [0.1, 0.15) is 0 Å². The molecule has 1 aromatic heterocycles. The molecule has 0 fully saturated rings. The van der Waals surface area contributed by atoms with E-state index in [4.69, 9.17) is 0 Å². The largest absolute Gasteiger partial charge is 0.350 e. The Morgan fingerprint density at radius 2 is 1.78 bits per heavy atom. The molecule has 1 heterocycles. The van der Waals surface area contributed by atoms with Gasteiger partial charge in [0.2, 0.25) is 0 Å². The molecule has 88 valence electrons. The third-order valence-corrected chi connectivity index (χ3v) is 3.26. The zero-order chi connectivity index (χ0) is 12.5. The van der Waals surface area contributed by atoms with Crippen LogP contribution in [0.25, 0.3) is 22.0 Å². The van der Waals surface area contributed by atoms with Gasteiger partial charge in [-0.2, -0.15) is 0 Å². The van der Waals surface area contributed by atoms with Crippen molar-refractivity contribution < 1.29 is 4.79 Å². The lowest BCUT2D eigenvalue weighted by Crippen LogP contribution is -1.84. The molecular weight excluding hydrogens is 222 g/mol. The van der Waals surface area contributed by atoms with Crippen molar-refractivity contribution in [3.63, 3.8) is 0 Å². The summed E-state index contributed by atoms with van der Waals surface area (Å²) in [7, 11) is 1.96. The summed E-state index contributed by atoms with van der Waals surface area (Å²) >= 11 is 0. The number of carbonyl (C=O) groups excluding carboxylic acids is 1. The van der Waals surface area contributed by atoms with Crippen LogP contribution in [0, 0.1) is 0 Å². The zero-order valence-corrected chi connectivity index (χ0v) is 10.1. The molecule has 0 bridgehead atoms. The maximum Gasteiger partial charge on any atom is 0.152 e. The van der Waals surface area contributed by atoms with E-state index < -0.39 is 0 Å². The average molecular weight is 235 g/mol. The number of rotatable bonds is 2. The van der Waals surface area contributed by atoms with Crippen molar-refractivity contribution >= 4 is 17.2 Å². The van der Waals surface area contributed by atoms with Crippen LogP contribution in [0.3, 0.4) is 0 Å². The normalized spacial score (nSPS) is 10.7. The molecule has 0 unspecified atom stereocenters. The summed E-state index contributed by atoms with van der Waals surface area (Å²) in [5.74, 6) is 0. The Morgan fingerprint density at radius 1 is 1.00 bits per heavy atom. The summed E-state index contributed by atoms with van der Waals surface area (Å²) in [6.07, 6.45) is 2.80. The lowest BCUT2D eigenvalue weighted by atomic mass is 10.00. The molecule has 0 aliphatic rings. The second kappa shape index (κ2) is 4.15. The van der Waals surface area contributed by atoms with Gasteiger partial charge >= 0.3 is 0 Å². The summed E-state index contributed by atoms with van der Waals surface area (Å²) in [4.78, 5) is 11.2. The summed E-state index contributed by atoms with van der Waals surface area (Å²) < 4.78 is 1.99. The van der Waals surface area contributed by atoms with Gasteiger partial charge in [0, 0.05) is 29.7 Å². The highest BCUT2D eigenvalue weighted by atomic mass is 16.1. The van der Waals surface area contributed by atoms with Gasteiger partial charge in [0.05, 0.1) is 0 Å². The van der Waals surface area contributed by atoms with Crippen LogP contribution >= 0.6 is 0 Å². The standard InChI is InChI=1S/C16H13NO/c1-17-10-13(11-18)16-14(8-5-9-15(16)17)12-6-3-2-4-7-12/h2-11H,1H3.